The fraction of sp³-hybridized carbons (Fsp3) is 0.850. The van der Waals surface area contributed by atoms with E-state index in [-0.39, 0.29) is 23.8 Å². The van der Waals surface area contributed by atoms with Gasteiger partial charge in [-0.1, -0.05) is 33.6 Å². The highest BCUT2D eigenvalue weighted by molar-refractivity contribution is 5.76. The van der Waals surface area contributed by atoms with Crippen molar-refractivity contribution in [3.8, 4) is 0 Å². The van der Waals surface area contributed by atoms with Crippen LogP contribution in [0.2, 0.25) is 0 Å². The summed E-state index contributed by atoms with van der Waals surface area (Å²) in [6.45, 7) is 9.08. The summed E-state index contributed by atoms with van der Waals surface area (Å²) in [6, 6.07) is 0.228. The molecule has 0 aromatic carbocycles. The molecule has 152 valence electrons. The average Bonchev–Trinajstić information content (AvgIpc) is 2.62. The van der Waals surface area contributed by atoms with Gasteiger partial charge in [-0.25, -0.2) is 0 Å². The number of hydrogen-bond donors (Lipinski definition) is 3. The molecule has 0 aromatic rings. The Balaban J connectivity index is 3.74. The lowest BCUT2D eigenvalue weighted by Gasteiger charge is -2.24. The summed E-state index contributed by atoms with van der Waals surface area (Å²) in [5, 5.41) is 8.83. The Hall–Kier alpha value is -1.59. The van der Waals surface area contributed by atoms with Crippen LogP contribution in [0.4, 0.5) is 0 Å². The van der Waals surface area contributed by atoms with Gasteiger partial charge in [-0.3, -0.25) is 14.4 Å². The van der Waals surface area contributed by atoms with E-state index < -0.39 is 0 Å². The summed E-state index contributed by atoms with van der Waals surface area (Å²) in [7, 11) is 0. The highest BCUT2D eigenvalue weighted by Gasteiger charge is 2.17. The van der Waals surface area contributed by atoms with Gasteiger partial charge in [0, 0.05) is 38.9 Å². The lowest BCUT2D eigenvalue weighted by Crippen LogP contribution is -2.39. The molecule has 26 heavy (non-hydrogen) atoms. The Morgan fingerprint density at radius 1 is 0.846 bits per heavy atom. The molecule has 6 heteroatoms. The highest BCUT2D eigenvalue weighted by Crippen LogP contribution is 2.14. The molecule has 0 rings (SSSR count). The Bertz CT molecular complexity index is 413. The first-order valence-corrected chi connectivity index (χ1v) is 10.2. The van der Waals surface area contributed by atoms with Gasteiger partial charge in [0.05, 0.1) is 0 Å². The number of rotatable bonds is 15. The Kier molecular flexibility index (Phi) is 14.7. The molecule has 0 bridgehead atoms. The number of carbonyl (C=O) groups is 3. The van der Waals surface area contributed by atoms with Crippen LogP contribution >= 0.6 is 0 Å². The second-order valence-electron chi connectivity index (χ2n) is 7.05. The van der Waals surface area contributed by atoms with Gasteiger partial charge in [0.1, 0.15) is 0 Å². The van der Waals surface area contributed by atoms with Crippen LogP contribution in [0, 0.1) is 5.92 Å². The molecule has 0 spiro atoms. The molecule has 2 atom stereocenters. The molecule has 6 nitrogen and oxygen atoms in total. The smallest absolute Gasteiger partial charge is 0.219 e. The van der Waals surface area contributed by atoms with Crippen molar-refractivity contribution in [2.45, 2.75) is 91.5 Å². The van der Waals surface area contributed by atoms with E-state index in [0.29, 0.717) is 31.8 Å². The number of hydrogen-bond acceptors (Lipinski definition) is 3. The molecule has 0 saturated carbocycles. The molecule has 0 fully saturated rings. The van der Waals surface area contributed by atoms with Gasteiger partial charge < -0.3 is 16.0 Å². The highest BCUT2D eigenvalue weighted by atomic mass is 16.2. The number of carbonyl (C=O) groups excluding carboxylic acids is 3. The molecule has 1 unspecified atom stereocenters. The zero-order chi connectivity index (χ0) is 19.8. The lowest BCUT2D eigenvalue weighted by atomic mass is 9.94. The van der Waals surface area contributed by atoms with E-state index in [9.17, 15) is 14.4 Å². The standard InChI is InChI=1S/C20H39N3O3/c1-5-16(3)18(23-19(25)6-2)12-9-11-15-22-20(26)13-8-7-10-14-21-17(4)24/h16,18H,5-15H2,1-4H3,(H,21,24)(H,22,26)(H,23,25)/t16?,18-/m0/s1. The minimum Gasteiger partial charge on any atom is -0.356 e. The molecule has 0 heterocycles. The maximum atomic E-state index is 11.8. The van der Waals surface area contributed by atoms with Gasteiger partial charge in [0.2, 0.25) is 17.7 Å². The lowest BCUT2D eigenvalue weighted by molar-refractivity contribution is -0.122. The van der Waals surface area contributed by atoms with Crippen molar-refractivity contribution in [2.24, 2.45) is 5.92 Å². The average molecular weight is 370 g/mol. The van der Waals surface area contributed by atoms with Gasteiger partial charge in [0.25, 0.3) is 0 Å². The van der Waals surface area contributed by atoms with Crippen LogP contribution in [0.1, 0.15) is 85.5 Å². The fourth-order valence-corrected chi connectivity index (χ4v) is 2.75. The van der Waals surface area contributed by atoms with Crippen molar-refractivity contribution in [1.82, 2.24) is 16.0 Å². The SMILES string of the molecule is CCC(=O)N[C@@H](CCCCNC(=O)CCCCCNC(C)=O)C(C)CC. The van der Waals surface area contributed by atoms with E-state index in [0.717, 1.165) is 44.9 Å². The van der Waals surface area contributed by atoms with Crippen molar-refractivity contribution in [2.75, 3.05) is 13.1 Å². The molecule has 0 aliphatic heterocycles. The molecular weight excluding hydrogens is 330 g/mol. The van der Waals surface area contributed by atoms with E-state index in [1.165, 1.54) is 6.92 Å². The summed E-state index contributed by atoms with van der Waals surface area (Å²) < 4.78 is 0. The quantitative estimate of drug-likeness (QED) is 0.388. The van der Waals surface area contributed by atoms with E-state index >= 15 is 0 Å². The van der Waals surface area contributed by atoms with Crippen LogP contribution in [0.25, 0.3) is 0 Å². The number of unbranched alkanes of at least 4 members (excludes halogenated alkanes) is 3. The number of amides is 3. The van der Waals surface area contributed by atoms with Crippen LogP contribution in [0.15, 0.2) is 0 Å². The molecule has 0 aliphatic carbocycles. The first-order valence-electron chi connectivity index (χ1n) is 10.2. The Labute approximate surface area is 159 Å². The summed E-state index contributed by atoms with van der Waals surface area (Å²) >= 11 is 0. The van der Waals surface area contributed by atoms with Crippen LogP contribution in [0.3, 0.4) is 0 Å². The first-order chi connectivity index (χ1) is 12.4. The Morgan fingerprint density at radius 2 is 1.50 bits per heavy atom. The third kappa shape index (κ3) is 13.7. The van der Waals surface area contributed by atoms with Gasteiger partial charge in [-0.2, -0.15) is 0 Å². The minimum atomic E-state index is -0.00688. The van der Waals surface area contributed by atoms with Crippen molar-refractivity contribution >= 4 is 17.7 Å². The van der Waals surface area contributed by atoms with Crippen molar-refractivity contribution in [1.29, 1.82) is 0 Å². The normalized spacial score (nSPS) is 12.9. The molecule has 0 radical (unpaired) electrons. The predicted octanol–water partition coefficient (Wildman–Crippen LogP) is 2.91. The molecular formula is C20H39N3O3. The largest absolute Gasteiger partial charge is 0.356 e. The maximum Gasteiger partial charge on any atom is 0.219 e. The summed E-state index contributed by atoms with van der Waals surface area (Å²) in [6.07, 6.45) is 7.71. The summed E-state index contributed by atoms with van der Waals surface area (Å²) in [5.74, 6) is 0.676. The minimum absolute atomic E-state index is 0.00688. The van der Waals surface area contributed by atoms with Crippen LogP contribution < -0.4 is 16.0 Å². The molecule has 0 aromatic heterocycles. The molecule has 3 amide bonds. The second-order valence-corrected chi connectivity index (χ2v) is 7.05. The predicted molar refractivity (Wildman–Crippen MR) is 106 cm³/mol. The van der Waals surface area contributed by atoms with E-state index in [2.05, 4.69) is 29.8 Å². The maximum absolute atomic E-state index is 11.8. The van der Waals surface area contributed by atoms with E-state index in [1.54, 1.807) is 0 Å². The molecule has 3 N–H and O–H groups in total. The van der Waals surface area contributed by atoms with Crippen molar-refractivity contribution < 1.29 is 14.4 Å². The van der Waals surface area contributed by atoms with Crippen molar-refractivity contribution in [3.05, 3.63) is 0 Å². The first kappa shape index (κ1) is 24.4. The van der Waals surface area contributed by atoms with Gasteiger partial charge in [-0.15, -0.1) is 0 Å². The topological polar surface area (TPSA) is 87.3 Å². The molecule has 0 aliphatic rings. The second kappa shape index (κ2) is 15.6. The zero-order valence-corrected chi connectivity index (χ0v) is 17.2. The van der Waals surface area contributed by atoms with Gasteiger partial charge in [0.15, 0.2) is 0 Å². The van der Waals surface area contributed by atoms with Gasteiger partial charge in [-0.05, 0) is 38.0 Å². The zero-order valence-electron chi connectivity index (χ0n) is 17.2. The van der Waals surface area contributed by atoms with E-state index in [1.807, 2.05) is 6.92 Å². The Morgan fingerprint density at radius 3 is 2.12 bits per heavy atom. The van der Waals surface area contributed by atoms with Crippen LogP contribution in [0.5, 0.6) is 0 Å². The fourth-order valence-electron chi connectivity index (χ4n) is 2.75. The third-order valence-corrected chi connectivity index (χ3v) is 4.72. The van der Waals surface area contributed by atoms with Gasteiger partial charge >= 0.3 is 0 Å². The van der Waals surface area contributed by atoms with Crippen LogP contribution in [-0.4, -0.2) is 36.9 Å². The summed E-state index contributed by atoms with van der Waals surface area (Å²) in [5.41, 5.74) is 0. The summed E-state index contributed by atoms with van der Waals surface area (Å²) in [4.78, 5) is 34.1. The third-order valence-electron chi connectivity index (χ3n) is 4.72. The monoisotopic (exact) mass is 369 g/mol. The van der Waals surface area contributed by atoms with E-state index in [4.69, 9.17) is 0 Å². The van der Waals surface area contributed by atoms with Crippen LogP contribution in [-0.2, 0) is 14.4 Å². The number of nitrogens with one attached hydrogen (secondary N) is 3. The molecule has 0 saturated heterocycles. The van der Waals surface area contributed by atoms with Crippen molar-refractivity contribution in [3.63, 3.8) is 0 Å².